The Morgan fingerprint density at radius 3 is 2.74 bits per heavy atom. The van der Waals surface area contributed by atoms with Crippen molar-refractivity contribution in [2.45, 2.75) is 53.4 Å². The molecule has 2 aromatic rings. The molecule has 0 unspecified atom stereocenters. The van der Waals surface area contributed by atoms with Gasteiger partial charge in [-0.05, 0) is 105 Å². The molecule has 0 aliphatic heterocycles. The third kappa shape index (κ3) is 11.1. The Hall–Kier alpha value is -2.28. The van der Waals surface area contributed by atoms with Gasteiger partial charge >= 0.3 is 0 Å². The van der Waals surface area contributed by atoms with E-state index in [0.29, 0.717) is 6.61 Å². The molecule has 1 aromatic heterocycles. The number of allylic oxidation sites excluding steroid dienone is 3. The number of hydrogen-bond donors (Lipinski definition) is 0. The van der Waals surface area contributed by atoms with E-state index in [1.54, 1.807) is 11.3 Å². The lowest BCUT2D eigenvalue weighted by Crippen LogP contribution is -1.99. The third-order valence-corrected chi connectivity index (χ3v) is 5.19. The highest BCUT2D eigenvalue weighted by Gasteiger charge is 2.03. The summed E-state index contributed by atoms with van der Waals surface area (Å²) in [5.41, 5.74) is 3.82. The van der Waals surface area contributed by atoms with Gasteiger partial charge in [0.25, 0.3) is 0 Å². The Labute approximate surface area is 193 Å². The summed E-state index contributed by atoms with van der Waals surface area (Å²) in [7, 11) is 0. The maximum atomic E-state index is 5.97. The molecule has 0 N–H and O–H groups in total. The van der Waals surface area contributed by atoms with Gasteiger partial charge in [-0.25, -0.2) is 0 Å². The van der Waals surface area contributed by atoms with Gasteiger partial charge in [0.05, 0.1) is 13.2 Å². The van der Waals surface area contributed by atoms with E-state index in [-0.39, 0.29) is 5.41 Å². The smallest absolute Gasteiger partial charge is 0.119 e. The molecule has 0 bridgehead atoms. The summed E-state index contributed by atoms with van der Waals surface area (Å²) in [6, 6.07) is 10.5. The van der Waals surface area contributed by atoms with Gasteiger partial charge in [0.15, 0.2) is 0 Å². The summed E-state index contributed by atoms with van der Waals surface area (Å²) in [6.07, 6.45) is 10.5. The number of thiophene rings is 1. The minimum Gasteiger partial charge on any atom is -0.494 e. The zero-order valence-corrected chi connectivity index (χ0v) is 20.3. The van der Waals surface area contributed by atoms with Gasteiger partial charge in [-0.1, -0.05) is 36.1 Å². The molecule has 31 heavy (non-hydrogen) atoms. The Bertz CT molecular complexity index is 874. The van der Waals surface area contributed by atoms with E-state index < -0.39 is 0 Å². The van der Waals surface area contributed by atoms with Crippen LogP contribution in [-0.4, -0.2) is 19.8 Å². The van der Waals surface area contributed by atoms with Gasteiger partial charge in [0.2, 0.25) is 0 Å². The fourth-order valence-electron chi connectivity index (χ4n) is 2.90. The monoisotopic (exact) mass is 436 g/mol. The predicted octanol–water partition coefficient (Wildman–Crippen LogP) is 7.92. The molecule has 1 aromatic carbocycles. The van der Waals surface area contributed by atoms with Crippen molar-refractivity contribution >= 4 is 11.3 Å². The fraction of sp³-hybridized carbons (Fsp3) is 0.429. The quantitative estimate of drug-likeness (QED) is 0.191. The predicted molar refractivity (Wildman–Crippen MR) is 135 cm³/mol. The topological polar surface area (TPSA) is 18.5 Å². The van der Waals surface area contributed by atoms with Gasteiger partial charge in [0.1, 0.15) is 5.75 Å². The van der Waals surface area contributed by atoms with Crippen LogP contribution < -0.4 is 4.74 Å². The van der Waals surface area contributed by atoms with Gasteiger partial charge in [0, 0.05) is 12.0 Å². The van der Waals surface area contributed by atoms with Crippen LogP contribution in [0.1, 0.15) is 53.4 Å². The van der Waals surface area contributed by atoms with Crippen molar-refractivity contribution in [3.63, 3.8) is 0 Å². The maximum Gasteiger partial charge on any atom is 0.119 e. The first-order chi connectivity index (χ1) is 15.0. The Morgan fingerprint density at radius 1 is 1.13 bits per heavy atom. The van der Waals surface area contributed by atoms with Crippen LogP contribution in [0.4, 0.5) is 0 Å². The van der Waals surface area contributed by atoms with E-state index in [9.17, 15) is 0 Å². The molecule has 2 nitrogen and oxygen atoms in total. The highest BCUT2D eigenvalue weighted by atomic mass is 32.1. The summed E-state index contributed by atoms with van der Waals surface area (Å²) in [5.74, 6) is 7.31. The maximum absolute atomic E-state index is 5.97. The minimum absolute atomic E-state index is 0.0433. The van der Waals surface area contributed by atoms with Gasteiger partial charge in [-0.15, -0.1) is 0 Å². The molecular formula is C28H36O2S. The number of benzene rings is 1. The number of rotatable bonds is 12. The van der Waals surface area contributed by atoms with Crippen molar-refractivity contribution in [2.75, 3.05) is 19.8 Å². The summed E-state index contributed by atoms with van der Waals surface area (Å²) in [4.78, 5) is 0. The van der Waals surface area contributed by atoms with E-state index in [1.807, 2.05) is 19.1 Å². The third-order valence-electron chi connectivity index (χ3n) is 4.51. The number of hydrogen-bond acceptors (Lipinski definition) is 3. The van der Waals surface area contributed by atoms with Crippen molar-refractivity contribution in [1.82, 2.24) is 0 Å². The van der Waals surface area contributed by atoms with E-state index in [2.05, 4.69) is 79.8 Å². The normalized spacial score (nSPS) is 12.1. The van der Waals surface area contributed by atoms with E-state index >= 15 is 0 Å². The molecule has 1 heterocycles. The molecule has 0 spiro atoms. The molecule has 0 amide bonds. The first-order valence-corrected chi connectivity index (χ1v) is 12.1. The summed E-state index contributed by atoms with van der Waals surface area (Å²) in [6.45, 7) is 10.6. The minimum atomic E-state index is 0.0433. The van der Waals surface area contributed by atoms with E-state index in [1.165, 1.54) is 16.7 Å². The second-order valence-electron chi connectivity index (χ2n) is 8.51. The average molecular weight is 437 g/mol. The summed E-state index contributed by atoms with van der Waals surface area (Å²) < 4.78 is 11.6. The Kier molecular flexibility index (Phi) is 11.2. The first-order valence-electron chi connectivity index (χ1n) is 11.2. The van der Waals surface area contributed by atoms with Crippen LogP contribution in [0.15, 0.2) is 64.9 Å². The molecule has 0 saturated heterocycles. The van der Waals surface area contributed by atoms with E-state index in [0.717, 1.165) is 44.6 Å². The summed E-state index contributed by atoms with van der Waals surface area (Å²) >= 11 is 1.72. The van der Waals surface area contributed by atoms with Crippen LogP contribution >= 0.6 is 11.3 Å². The van der Waals surface area contributed by atoms with Crippen LogP contribution in [0.3, 0.4) is 0 Å². The van der Waals surface area contributed by atoms with Crippen LogP contribution in [0.5, 0.6) is 5.75 Å². The molecule has 0 aliphatic carbocycles. The summed E-state index contributed by atoms with van der Waals surface area (Å²) in [5, 5.41) is 4.27. The molecule has 0 fully saturated rings. The van der Waals surface area contributed by atoms with Crippen molar-refractivity contribution in [3.8, 4) is 28.7 Å². The number of ether oxygens (including phenoxy) is 2. The van der Waals surface area contributed by atoms with Crippen molar-refractivity contribution in [1.29, 1.82) is 0 Å². The first kappa shape index (κ1) is 25.0. The van der Waals surface area contributed by atoms with Crippen molar-refractivity contribution < 1.29 is 9.47 Å². The lowest BCUT2D eigenvalue weighted by molar-refractivity contribution is 0.169. The van der Waals surface area contributed by atoms with Crippen molar-refractivity contribution in [2.24, 2.45) is 5.41 Å². The van der Waals surface area contributed by atoms with Gasteiger partial charge in [-0.3, -0.25) is 0 Å². The van der Waals surface area contributed by atoms with Crippen molar-refractivity contribution in [3.05, 3.63) is 64.9 Å². The van der Waals surface area contributed by atoms with Crippen LogP contribution in [0.25, 0.3) is 11.1 Å². The number of unbranched alkanes of at least 4 members (excludes halogenated alkanes) is 2. The zero-order chi connectivity index (χ0) is 22.4. The van der Waals surface area contributed by atoms with Crippen LogP contribution in [-0.2, 0) is 4.74 Å². The largest absolute Gasteiger partial charge is 0.494 e. The second-order valence-corrected chi connectivity index (χ2v) is 9.29. The standard InChI is InChI=1S/C28H36O2S/c1-5-29-22-24(13-8-6-10-18-28(2,3)4)14-9-7-11-19-30-27-16-12-15-25(21-27)26-17-20-31-23-26/h6,8,12,14-17,20-21,23H,5,7,9,11,13,19,22H2,1-4H3/b8-6+,24-14+. The SMILES string of the molecule is CCOC/C(=C/CCCCOc1cccc(-c2ccsc2)c1)C/C=C/C#CC(C)(C)C. The molecule has 3 heteroatoms. The van der Waals surface area contributed by atoms with E-state index in [4.69, 9.17) is 9.47 Å². The lowest BCUT2D eigenvalue weighted by Gasteiger charge is -2.08. The van der Waals surface area contributed by atoms with Gasteiger partial charge < -0.3 is 9.47 Å². The molecule has 2 rings (SSSR count). The Balaban J connectivity index is 1.73. The molecule has 0 radical (unpaired) electrons. The molecular weight excluding hydrogens is 400 g/mol. The molecule has 0 aliphatic rings. The lowest BCUT2D eigenvalue weighted by atomic mass is 9.98. The Morgan fingerprint density at radius 2 is 2.00 bits per heavy atom. The van der Waals surface area contributed by atoms with Crippen LogP contribution in [0.2, 0.25) is 0 Å². The highest BCUT2D eigenvalue weighted by molar-refractivity contribution is 7.08. The second kappa shape index (κ2) is 13.9. The molecule has 166 valence electrons. The van der Waals surface area contributed by atoms with Gasteiger partial charge in [-0.2, -0.15) is 11.3 Å². The zero-order valence-electron chi connectivity index (χ0n) is 19.4. The highest BCUT2D eigenvalue weighted by Crippen LogP contribution is 2.25. The molecule has 0 atom stereocenters. The molecule has 0 saturated carbocycles. The fourth-order valence-corrected chi connectivity index (χ4v) is 3.56. The van der Waals surface area contributed by atoms with Crippen LogP contribution in [0, 0.1) is 17.3 Å². The average Bonchev–Trinajstić information content (AvgIpc) is 3.28.